The summed E-state index contributed by atoms with van der Waals surface area (Å²) in [5, 5.41) is 40.2. The highest BCUT2D eigenvalue weighted by atomic mass is 16.5. The first kappa shape index (κ1) is 77.5. The number of allylic oxidation sites excluding steroid dienone is 28. The number of nitrogens with zero attached hydrogens (tertiary/aromatic N) is 6. The number of phenols is 3. The van der Waals surface area contributed by atoms with Crippen molar-refractivity contribution in [3.8, 4) is 114 Å². The standard InChI is InChI=1S/C44H44N2O2.2C33H24N2O2/c1-2-3-4-5-6-7-8-9-10-14-28-48-35-24-27-38(41(47)29-35)44-45-39(31-16-12-11-13-17-31)30-40(46-44)36-25-22-34-21-20-32-18-15-19-33-23-26-37(36)43(34)42(32)33;1-37-24-14-17-27(30(36)18-24)29-19-28(34-33(35-29)23-6-3-2-4-7-23)25-15-12-22-11-10-20-8-5-9-21-13-16-26(25)32(22)31(20)21;1-37-24-14-17-27(30(36)18-24)29-19-28(20-6-3-2-4-7-20)34-33(35-29)26-16-13-23-11-10-21-8-5-9-22-12-15-25(26)32(23)31(21)22/h11-13,15-27,29-30,47H,2-10,14,28H2,1H3;2*2-8,10-19,32,36H,9H2,1H3. The predicted molar refractivity (Wildman–Crippen MR) is 495 cm³/mol. The number of unbranched alkanes of at least 4 members (excludes halogenated alkanes) is 9. The number of ether oxygens (including phenoxy) is 3. The number of aromatic nitrogens is 6. The van der Waals surface area contributed by atoms with Crippen molar-refractivity contribution in [1.29, 1.82) is 0 Å². The molecule has 10 aromatic carbocycles. The monoisotopic (exact) mass is 1590 g/mol. The first-order valence-corrected chi connectivity index (χ1v) is 42.6. The zero-order valence-electron chi connectivity index (χ0n) is 68.6. The maximum Gasteiger partial charge on any atom is 0.164 e. The Morgan fingerprint density at radius 3 is 1.35 bits per heavy atom. The van der Waals surface area contributed by atoms with Gasteiger partial charge in [-0.2, -0.15) is 0 Å². The maximum absolute atomic E-state index is 11.2. The molecule has 21 rings (SSSR count). The highest BCUT2D eigenvalue weighted by Crippen LogP contribution is 2.53. The van der Waals surface area contributed by atoms with Crippen molar-refractivity contribution in [3.05, 3.63) is 383 Å². The molecule has 0 amide bonds. The van der Waals surface area contributed by atoms with Crippen LogP contribution in [0.5, 0.6) is 34.5 Å². The number of phenolic OH excluding ortho intramolecular Hbond substituents is 3. The van der Waals surface area contributed by atoms with Gasteiger partial charge in [-0.1, -0.05) is 308 Å². The molecule has 122 heavy (non-hydrogen) atoms. The average molecular weight is 1590 g/mol. The van der Waals surface area contributed by atoms with Gasteiger partial charge >= 0.3 is 0 Å². The van der Waals surface area contributed by atoms with E-state index in [1.165, 1.54) is 140 Å². The number of hydrogen-bond acceptors (Lipinski definition) is 12. The van der Waals surface area contributed by atoms with Gasteiger partial charge in [0.05, 0.1) is 60.6 Å². The summed E-state index contributed by atoms with van der Waals surface area (Å²) in [4.78, 5) is 30.0. The van der Waals surface area contributed by atoms with Crippen molar-refractivity contribution in [2.75, 3.05) is 20.8 Å². The van der Waals surface area contributed by atoms with E-state index in [2.05, 4.69) is 177 Å². The second-order valence-corrected chi connectivity index (χ2v) is 32.0. The molecular weight excluding hydrogens is 1500 g/mol. The smallest absolute Gasteiger partial charge is 0.164 e. The molecule has 8 aliphatic rings. The number of aromatic hydroxyl groups is 3. The molecule has 12 heteroatoms. The Morgan fingerprint density at radius 2 is 0.779 bits per heavy atom. The molecule has 3 N–H and O–H groups in total. The summed E-state index contributed by atoms with van der Waals surface area (Å²) in [7, 11) is 3.17. The fraction of sp³-hybridized carbons (Fsp3) is 0.164. The third kappa shape index (κ3) is 15.6. The van der Waals surface area contributed by atoms with Crippen molar-refractivity contribution >= 4 is 43.5 Å². The molecule has 3 aromatic heterocycles. The third-order valence-corrected chi connectivity index (χ3v) is 24.4. The molecule has 0 saturated carbocycles. The molecule has 0 aliphatic heterocycles. The van der Waals surface area contributed by atoms with Crippen LogP contribution >= 0.6 is 0 Å². The number of rotatable bonds is 23. The lowest BCUT2D eigenvalue weighted by Gasteiger charge is -2.37. The predicted octanol–water partition coefficient (Wildman–Crippen LogP) is 26.7. The largest absolute Gasteiger partial charge is 0.507 e. The molecule has 0 bridgehead atoms. The van der Waals surface area contributed by atoms with Crippen LogP contribution in [0, 0.1) is 11.8 Å². The first-order valence-electron chi connectivity index (χ1n) is 42.6. The zero-order chi connectivity index (χ0) is 82.6. The van der Waals surface area contributed by atoms with E-state index in [1.807, 2.05) is 127 Å². The SMILES string of the molecule is CCCCCCCCCCCCOc1ccc(-c2nc(-c3ccccc3)cc(-c3ccc4ccc5cccc6ccc3c4c56)n2)c(O)c1.COc1ccc(-c2cc(-c3ccccc3)nc(C3=CC=C4C=CC5=C6C(=CC=C3C46)CC=C5)n2)c(O)c1.COc1ccc(-c2cc(C3=CC=C4C=CC5=C6C(=CC=C3C46)CC=C5)nc(-c3ccccc3)n2)c(O)c1. The average Bonchev–Trinajstić information content (AvgIpc) is 0.740. The lowest BCUT2D eigenvalue weighted by molar-refractivity contribution is 0.302. The Morgan fingerprint density at radius 1 is 0.336 bits per heavy atom. The Hall–Kier alpha value is -14.4. The minimum Gasteiger partial charge on any atom is -0.507 e. The lowest BCUT2D eigenvalue weighted by Crippen LogP contribution is -2.23. The lowest BCUT2D eigenvalue weighted by atomic mass is 9.67. The molecule has 0 fully saturated rings. The van der Waals surface area contributed by atoms with Crippen LogP contribution in [-0.4, -0.2) is 66.0 Å². The number of hydrogen-bond donors (Lipinski definition) is 3. The Bertz CT molecular complexity index is 6500. The Labute approximate surface area is 711 Å². The molecule has 12 nitrogen and oxygen atoms in total. The highest BCUT2D eigenvalue weighted by Gasteiger charge is 2.38. The van der Waals surface area contributed by atoms with Gasteiger partial charge in [0.2, 0.25) is 0 Å². The second kappa shape index (κ2) is 34.5. The zero-order valence-corrected chi connectivity index (χ0v) is 68.6. The fourth-order valence-corrected chi connectivity index (χ4v) is 18.2. The van der Waals surface area contributed by atoms with E-state index in [9.17, 15) is 15.3 Å². The van der Waals surface area contributed by atoms with Crippen molar-refractivity contribution in [3.63, 3.8) is 0 Å². The van der Waals surface area contributed by atoms with Gasteiger partial charge in [-0.05, 0) is 162 Å². The molecule has 3 heterocycles. The first-order chi connectivity index (χ1) is 60.1. The van der Waals surface area contributed by atoms with Crippen molar-refractivity contribution in [2.24, 2.45) is 11.8 Å². The van der Waals surface area contributed by atoms with E-state index < -0.39 is 0 Å². The minimum absolute atomic E-state index is 0.113. The summed E-state index contributed by atoms with van der Waals surface area (Å²) in [6, 6.07) is 71.9. The third-order valence-electron chi connectivity index (χ3n) is 24.4. The summed E-state index contributed by atoms with van der Waals surface area (Å²) in [6.45, 7) is 2.91. The van der Waals surface area contributed by atoms with E-state index >= 15 is 0 Å². The molecule has 8 aliphatic carbocycles. The molecule has 2 atom stereocenters. The summed E-state index contributed by atoms with van der Waals surface area (Å²) >= 11 is 0. The quantitative estimate of drug-likeness (QED) is 0.0411. The summed E-state index contributed by atoms with van der Waals surface area (Å²) in [5.41, 5.74) is 25.7. The van der Waals surface area contributed by atoms with Gasteiger partial charge < -0.3 is 29.5 Å². The summed E-state index contributed by atoms with van der Waals surface area (Å²) in [5.74, 6) is 4.35. The fourth-order valence-electron chi connectivity index (χ4n) is 18.2. The molecule has 2 unspecified atom stereocenters. The Balaban J connectivity index is 0.000000122. The van der Waals surface area contributed by atoms with Crippen LogP contribution in [0.1, 0.15) is 95.5 Å². The van der Waals surface area contributed by atoms with Crippen molar-refractivity contribution < 1.29 is 29.5 Å². The van der Waals surface area contributed by atoms with Crippen LogP contribution in [-0.2, 0) is 0 Å². The second-order valence-electron chi connectivity index (χ2n) is 32.0. The molecule has 598 valence electrons. The number of methoxy groups -OCH3 is 2. The molecule has 0 radical (unpaired) electrons. The van der Waals surface area contributed by atoms with Gasteiger partial charge in [-0.25, -0.2) is 29.9 Å². The van der Waals surface area contributed by atoms with E-state index in [1.54, 1.807) is 32.4 Å². The molecule has 0 saturated heterocycles. The van der Waals surface area contributed by atoms with Gasteiger partial charge in [0.1, 0.15) is 34.5 Å². The van der Waals surface area contributed by atoms with Crippen molar-refractivity contribution in [1.82, 2.24) is 29.9 Å². The topological polar surface area (TPSA) is 166 Å². The highest BCUT2D eigenvalue weighted by molar-refractivity contribution is 6.25. The van der Waals surface area contributed by atoms with Gasteiger partial charge in [0.15, 0.2) is 17.5 Å². The van der Waals surface area contributed by atoms with Crippen molar-refractivity contribution in [2.45, 2.75) is 84.0 Å². The van der Waals surface area contributed by atoms with Crippen LogP contribution in [0.25, 0.3) is 123 Å². The van der Waals surface area contributed by atoms with Crippen LogP contribution in [0.3, 0.4) is 0 Å². The van der Waals surface area contributed by atoms with E-state index in [0.717, 1.165) is 80.8 Å². The van der Waals surface area contributed by atoms with E-state index in [0.29, 0.717) is 69.4 Å². The molecule has 13 aromatic rings. The van der Waals surface area contributed by atoms with Crippen LogP contribution in [0.4, 0.5) is 0 Å². The Kier molecular flexibility index (Phi) is 21.9. The summed E-state index contributed by atoms with van der Waals surface area (Å²) in [6.07, 6.45) is 50.4. The van der Waals surface area contributed by atoms with Gasteiger partial charge in [-0.3, -0.25) is 0 Å². The van der Waals surface area contributed by atoms with Gasteiger partial charge in [0, 0.05) is 74.6 Å². The summed E-state index contributed by atoms with van der Waals surface area (Å²) < 4.78 is 16.6. The van der Waals surface area contributed by atoms with Gasteiger partial charge in [-0.15, -0.1) is 0 Å². The maximum atomic E-state index is 11.2. The normalized spacial score (nSPS) is 16.1. The van der Waals surface area contributed by atoms with Gasteiger partial charge in [0.25, 0.3) is 0 Å². The van der Waals surface area contributed by atoms with Crippen LogP contribution < -0.4 is 14.2 Å². The molecular formula is C110H92N6O6. The van der Waals surface area contributed by atoms with Crippen LogP contribution in [0.2, 0.25) is 0 Å². The molecule has 0 spiro atoms. The van der Waals surface area contributed by atoms with E-state index in [4.69, 9.17) is 44.1 Å². The minimum atomic E-state index is 0.113. The van der Waals surface area contributed by atoms with E-state index in [-0.39, 0.29) is 29.1 Å². The van der Waals surface area contributed by atoms with Crippen LogP contribution in [0.15, 0.2) is 371 Å². The number of benzene rings is 10.